The Labute approximate surface area is 222 Å². The van der Waals surface area contributed by atoms with E-state index in [2.05, 4.69) is 4.90 Å². The number of carbonyl (C=O) groups is 2. The van der Waals surface area contributed by atoms with Gasteiger partial charge in [-0.2, -0.15) is 0 Å². The molecular formula is C28H15Cl4NO2. The predicted molar refractivity (Wildman–Crippen MR) is 144 cm³/mol. The number of hydrogen-bond donors (Lipinski definition) is 0. The summed E-state index contributed by atoms with van der Waals surface area (Å²) in [6.07, 6.45) is 1.53. The average molecular weight is 539 g/mol. The summed E-state index contributed by atoms with van der Waals surface area (Å²) < 4.78 is 0. The maximum Gasteiger partial charge on any atom is 0.199 e. The molecule has 4 aromatic rings. The van der Waals surface area contributed by atoms with Crippen molar-refractivity contribution in [2.75, 3.05) is 4.90 Å². The van der Waals surface area contributed by atoms with Crippen molar-refractivity contribution in [1.29, 1.82) is 0 Å². The van der Waals surface area contributed by atoms with Gasteiger partial charge >= 0.3 is 0 Å². The summed E-state index contributed by atoms with van der Waals surface area (Å²) in [5.74, 6) is -1.07. The van der Waals surface area contributed by atoms with Gasteiger partial charge in [0.2, 0.25) is 0 Å². The van der Waals surface area contributed by atoms with Crippen molar-refractivity contribution in [3.63, 3.8) is 0 Å². The maximum atomic E-state index is 13.1. The van der Waals surface area contributed by atoms with Crippen LogP contribution in [0.25, 0.3) is 6.08 Å². The molecular weight excluding hydrogens is 524 g/mol. The van der Waals surface area contributed by atoms with Crippen molar-refractivity contribution < 1.29 is 9.59 Å². The highest BCUT2D eigenvalue weighted by molar-refractivity contribution is 6.57. The number of hydrogen-bond acceptors (Lipinski definition) is 3. The fraction of sp³-hybridized carbons (Fsp3) is 0. The predicted octanol–water partition coefficient (Wildman–Crippen LogP) is 9.23. The highest BCUT2D eigenvalue weighted by Crippen LogP contribution is 2.46. The molecule has 5 rings (SSSR count). The minimum atomic E-state index is -0.533. The zero-order valence-electron chi connectivity index (χ0n) is 17.9. The highest BCUT2D eigenvalue weighted by atomic mass is 35.5. The first-order chi connectivity index (χ1) is 16.9. The molecule has 0 atom stereocenters. The van der Waals surface area contributed by atoms with Gasteiger partial charge in [0.05, 0.1) is 36.8 Å². The van der Waals surface area contributed by atoms with Gasteiger partial charge < -0.3 is 4.90 Å². The number of allylic oxidation sites excluding steroid dienone is 1. The number of carbonyl (C=O) groups excluding carboxylic acids is 2. The Morgan fingerprint density at radius 1 is 0.514 bits per heavy atom. The van der Waals surface area contributed by atoms with Crippen molar-refractivity contribution in [3.8, 4) is 0 Å². The molecule has 3 nitrogen and oxygen atoms in total. The van der Waals surface area contributed by atoms with Gasteiger partial charge in [-0.15, -0.1) is 0 Å². The largest absolute Gasteiger partial charge is 0.311 e. The molecule has 0 unspecified atom stereocenters. The number of anilines is 3. The number of benzene rings is 4. The number of fused-ring (bicyclic) bond motifs is 1. The van der Waals surface area contributed by atoms with E-state index in [1.165, 1.54) is 6.08 Å². The van der Waals surface area contributed by atoms with Crippen LogP contribution in [0.2, 0.25) is 20.1 Å². The lowest BCUT2D eigenvalue weighted by Gasteiger charge is -2.25. The third kappa shape index (κ3) is 4.15. The van der Waals surface area contributed by atoms with E-state index in [1.807, 2.05) is 84.9 Å². The molecule has 0 bridgehead atoms. The first-order valence-corrected chi connectivity index (χ1v) is 12.1. The summed E-state index contributed by atoms with van der Waals surface area (Å²) in [7, 11) is 0. The number of para-hydroxylation sites is 2. The summed E-state index contributed by atoms with van der Waals surface area (Å²) in [5.41, 5.74) is 3.51. The van der Waals surface area contributed by atoms with E-state index in [0.717, 1.165) is 17.1 Å². The van der Waals surface area contributed by atoms with Crippen molar-refractivity contribution in [1.82, 2.24) is 0 Å². The zero-order valence-corrected chi connectivity index (χ0v) is 21.0. The van der Waals surface area contributed by atoms with Gasteiger partial charge in [-0.25, -0.2) is 0 Å². The lowest BCUT2D eigenvalue weighted by molar-refractivity contribution is 0.0990. The quantitative estimate of drug-likeness (QED) is 0.112. The summed E-state index contributed by atoms with van der Waals surface area (Å²) in [5, 5.41) is -0.249. The van der Waals surface area contributed by atoms with Crippen LogP contribution in [0, 0.1) is 0 Å². The SMILES string of the molecule is O=C1C(=Cc2ccc(N(c3ccccc3)c3ccccc3)cc2)C(=O)c2c(Cl)c(Cl)c(Cl)c(Cl)c21. The molecule has 0 heterocycles. The first kappa shape index (κ1) is 23.7. The molecule has 172 valence electrons. The number of Topliss-reactive ketones (excluding diaryl/α,β-unsaturated/α-hetero) is 2. The molecule has 1 aliphatic rings. The van der Waals surface area contributed by atoms with Gasteiger partial charge in [0.25, 0.3) is 0 Å². The molecule has 0 amide bonds. The van der Waals surface area contributed by atoms with Crippen LogP contribution in [0.3, 0.4) is 0 Å². The number of halogens is 4. The monoisotopic (exact) mass is 537 g/mol. The van der Waals surface area contributed by atoms with Crippen molar-refractivity contribution in [2.24, 2.45) is 0 Å². The summed E-state index contributed by atoms with van der Waals surface area (Å²) >= 11 is 24.7. The number of ketones is 2. The minimum absolute atomic E-state index is 0.0155. The molecule has 0 spiro atoms. The molecule has 0 N–H and O–H groups in total. The van der Waals surface area contributed by atoms with Crippen LogP contribution in [0.4, 0.5) is 17.1 Å². The Balaban J connectivity index is 1.53. The standard InChI is InChI=1S/C28H15Cl4NO2/c29-23-21-22(24(30)26(32)25(23)31)28(35)20(27(21)34)15-16-11-13-19(14-12-16)33(17-7-3-1-4-8-17)18-9-5-2-6-10-18/h1-15H. The van der Waals surface area contributed by atoms with Crippen molar-refractivity contribution in [2.45, 2.75) is 0 Å². The van der Waals surface area contributed by atoms with Crippen molar-refractivity contribution in [3.05, 3.63) is 127 Å². The third-order valence-corrected chi connectivity index (χ3v) is 7.50. The summed E-state index contributed by atoms with van der Waals surface area (Å²) in [6, 6.07) is 27.5. The molecule has 35 heavy (non-hydrogen) atoms. The van der Waals surface area contributed by atoms with Gasteiger partial charge in [0, 0.05) is 17.1 Å². The Morgan fingerprint density at radius 2 is 0.914 bits per heavy atom. The Kier molecular flexibility index (Phi) is 6.43. The lowest BCUT2D eigenvalue weighted by atomic mass is 10.1. The van der Waals surface area contributed by atoms with Gasteiger partial charge in [0.1, 0.15) is 0 Å². The van der Waals surface area contributed by atoms with Crippen LogP contribution in [-0.2, 0) is 0 Å². The minimum Gasteiger partial charge on any atom is -0.311 e. The van der Waals surface area contributed by atoms with Crippen LogP contribution in [0.5, 0.6) is 0 Å². The molecule has 0 saturated heterocycles. The molecule has 7 heteroatoms. The average Bonchev–Trinajstić information content (AvgIpc) is 3.13. The fourth-order valence-corrected chi connectivity index (χ4v) is 5.07. The van der Waals surface area contributed by atoms with Crippen LogP contribution in [0.1, 0.15) is 26.3 Å². The molecule has 1 aliphatic carbocycles. The van der Waals surface area contributed by atoms with Gasteiger partial charge in [-0.05, 0) is 48.0 Å². The molecule has 0 radical (unpaired) electrons. The smallest absolute Gasteiger partial charge is 0.199 e. The molecule has 4 aromatic carbocycles. The first-order valence-electron chi connectivity index (χ1n) is 10.6. The normalized spacial score (nSPS) is 12.6. The topological polar surface area (TPSA) is 37.4 Å². The van der Waals surface area contributed by atoms with Gasteiger partial charge in [0.15, 0.2) is 11.6 Å². The van der Waals surface area contributed by atoms with Crippen LogP contribution >= 0.6 is 46.4 Å². The van der Waals surface area contributed by atoms with E-state index in [-0.39, 0.29) is 36.8 Å². The fourth-order valence-electron chi connectivity index (χ4n) is 4.05. The van der Waals surface area contributed by atoms with Crippen LogP contribution in [0.15, 0.2) is 90.5 Å². The second kappa shape index (κ2) is 9.52. The van der Waals surface area contributed by atoms with E-state index in [1.54, 1.807) is 0 Å². The maximum absolute atomic E-state index is 13.1. The number of rotatable bonds is 4. The van der Waals surface area contributed by atoms with E-state index in [9.17, 15) is 9.59 Å². The Hall–Kier alpha value is -3.08. The molecule has 0 aromatic heterocycles. The van der Waals surface area contributed by atoms with E-state index in [0.29, 0.717) is 5.56 Å². The summed E-state index contributed by atoms with van der Waals surface area (Å²) in [6.45, 7) is 0. The van der Waals surface area contributed by atoms with Crippen LogP contribution < -0.4 is 4.90 Å². The van der Waals surface area contributed by atoms with E-state index >= 15 is 0 Å². The molecule has 0 fully saturated rings. The summed E-state index contributed by atoms with van der Waals surface area (Å²) in [4.78, 5) is 28.2. The Morgan fingerprint density at radius 3 is 1.34 bits per heavy atom. The highest BCUT2D eigenvalue weighted by Gasteiger charge is 2.39. The van der Waals surface area contributed by atoms with E-state index in [4.69, 9.17) is 46.4 Å². The third-order valence-electron chi connectivity index (χ3n) is 5.70. The second-order valence-electron chi connectivity index (χ2n) is 7.82. The lowest BCUT2D eigenvalue weighted by Crippen LogP contribution is -2.09. The van der Waals surface area contributed by atoms with Gasteiger partial charge in [-0.3, -0.25) is 9.59 Å². The zero-order chi connectivity index (χ0) is 24.7. The van der Waals surface area contributed by atoms with E-state index < -0.39 is 11.6 Å². The molecule has 0 saturated carbocycles. The van der Waals surface area contributed by atoms with Crippen LogP contribution in [-0.4, -0.2) is 11.6 Å². The van der Waals surface area contributed by atoms with Gasteiger partial charge in [-0.1, -0.05) is 94.9 Å². The Bertz CT molecular complexity index is 1410. The number of nitrogens with zero attached hydrogens (tertiary/aromatic N) is 1. The second-order valence-corrected chi connectivity index (χ2v) is 9.33. The molecule has 0 aliphatic heterocycles. The van der Waals surface area contributed by atoms with Crippen molar-refractivity contribution >= 4 is 81.1 Å².